The molecule has 0 fully saturated rings. The van der Waals surface area contributed by atoms with Gasteiger partial charge in [-0.05, 0) is 23.8 Å². The van der Waals surface area contributed by atoms with Crippen LogP contribution >= 0.6 is 0 Å². The predicted octanol–water partition coefficient (Wildman–Crippen LogP) is 4.42. The highest BCUT2D eigenvalue weighted by atomic mass is 19.4. The van der Waals surface area contributed by atoms with Crippen molar-refractivity contribution in [2.24, 2.45) is 0 Å². The minimum Gasteiger partial charge on any atom is -0.207 e. The minimum atomic E-state index is -4.91. The van der Waals surface area contributed by atoms with Crippen LogP contribution in [0.4, 0.5) is 30.7 Å². The zero-order chi connectivity index (χ0) is 13.4. The Labute approximate surface area is 91.4 Å². The van der Waals surface area contributed by atoms with Crippen LogP contribution in [-0.2, 0) is 6.18 Å². The van der Waals surface area contributed by atoms with Gasteiger partial charge in [0, 0.05) is 0 Å². The van der Waals surface area contributed by atoms with Gasteiger partial charge in [-0.2, -0.15) is 26.3 Å². The Morgan fingerprint density at radius 2 is 1.47 bits per heavy atom. The normalized spacial score (nSPS) is 12.6. The molecule has 0 radical (unpaired) electrons. The molecule has 0 N–H and O–H groups in total. The molecule has 0 spiro atoms. The third-order valence-corrected chi connectivity index (χ3v) is 1.92. The first kappa shape index (κ1) is 13.5. The number of benzene rings is 1. The first-order chi connectivity index (χ1) is 7.51. The highest BCUT2D eigenvalue weighted by molar-refractivity contribution is 5.68. The van der Waals surface area contributed by atoms with Crippen LogP contribution in [0, 0.1) is 5.82 Å². The third kappa shape index (κ3) is 3.21. The van der Waals surface area contributed by atoms with Gasteiger partial charge in [-0.15, -0.1) is 0 Å². The molecule has 94 valence electrons. The van der Waals surface area contributed by atoms with Gasteiger partial charge >= 0.3 is 12.4 Å². The molecule has 0 amide bonds. The topological polar surface area (TPSA) is 0 Å². The van der Waals surface area contributed by atoms with Crippen molar-refractivity contribution in [3.8, 4) is 0 Å². The Kier molecular flexibility index (Phi) is 3.22. The molecule has 1 rings (SSSR count). The van der Waals surface area contributed by atoms with E-state index in [1.807, 2.05) is 0 Å². The molecule has 0 aliphatic carbocycles. The fourth-order valence-electron chi connectivity index (χ4n) is 1.09. The van der Waals surface area contributed by atoms with Gasteiger partial charge in [-0.3, -0.25) is 0 Å². The molecule has 0 aromatic heterocycles. The largest absolute Gasteiger partial charge is 0.416 e. The van der Waals surface area contributed by atoms with Crippen LogP contribution in [0.2, 0.25) is 0 Å². The summed E-state index contributed by atoms with van der Waals surface area (Å²) < 4.78 is 86.1. The zero-order valence-electron chi connectivity index (χ0n) is 8.08. The number of alkyl halides is 6. The molecule has 0 saturated heterocycles. The van der Waals surface area contributed by atoms with E-state index >= 15 is 0 Å². The van der Waals surface area contributed by atoms with Crippen LogP contribution in [0.25, 0.3) is 5.57 Å². The molecular weight excluding hydrogens is 253 g/mol. The average Bonchev–Trinajstić information content (AvgIpc) is 2.12. The van der Waals surface area contributed by atoms with E-state index in [9.17, 15) is 30.7 Å². The Morgan fingerprint density at radius 3 is 1.88 bits per heavy atom. The molecular formula is C10H5F7. The fraction of sp³-hybridized carbons (Fsp3) is 0.200. The molecule has 0 aliphatic rings. The van der Waals surface area contributed by atoms with Gasteiger partial charge in [0.15, 0.2) is 0 Å². The molecule has 0 nitrogen and oxygen atoms in total. The van der Waals surface area contributed by atoms with E-state index in [4.69, 9.17) is 0 Å². The molecule has 0 aliphatic heterocycles. The Bertz CT molecular complexity index is 439. The van der Waals surface area contributed by atoms with Crippen molar-refractivity contribution in [3.63, 3.8) is 0 Å². The van der Waals surface area contributed by atoms with Gasteiger partial charge in [0.2, 0.25) is 0 Å². The number of allylic oxidation sites excluding steroid dienone is 1. The van der Waals surface area contributed by atoms with Crippen LogP contribution in [0.15, 0.2) is 24.8 Å². The second-order valence-corrected chi connectivity index (χ2v) is 3.20. The zero-order valence-corrected chi connectivity index (χ0v) is 8.08. The lowest BCUT2D eigenvalue weighted by atomic mass is 10.0. The second kappa shape index (κ2) is 4.05. The highest BCUT2D eigenvalue weighted by Gasteiger charge is 2.36. The van der Waals surface area contributed by atoms with E-state index in [1.54, 1.807) is 0 Å². The summed E-state index contributed by atoms with van der Waals surface area (Å²) in [5.74, 6) is -1.40. The summed E-state index contributed by atoms with van der Waals surface area (Å²) in [6.45, 7) is 2.60. The van der Waals surface area contributed by atoms with Crippen molar-refractivity contribution in [2.45, 2.75) is 12.4 Å². The predicted molar refractivity (Wildman–Crippen MR) is 46.5 cm³/mol. The first-order valence-corrected chi connectivity index (χ1v) is 4.16. The molecule has 0 bridgehead atoms. The smallest absolute Gasteiger partial charge is 0.207 e. The summed E-state index contributed by atoms with van der Waals surface area (Å²) in [5.41, 5.74) is -3.95. The lowest BCUT2D eigenvalue weighted by Crippen LogP contribution is -2.12. The summed E-state index contributed by atoms with van der Waals surface area (Å²) in [7, 11) is 0. The lowest BCUT2D eigenvalue weighted by molar-refractivity contribution is -0.137. The van der Waals surface area contributed by atoms with Crippen LogP contribution in [-0.4, -0.2) is 6.18 Å². The van der Waals surface area contributed by atoms with E-state index in [0.29, 0.717) is 6.07 Å². The number of hydrogen-bond donors (Lipinski definition) is 0. The van der Waals surface area contributed by atoms with Gasteiger partial charge < -0.3 is 0 Å². The highest BCUT2D eigenvalue weighted by Crippen LogP contribution is 2.36. The van der Waals surface area contributed by atoms with Crippen LogP contribution < -0.4 is 0 Å². The van der Waals surface area contributed by atoms with Crippen molar-refractivity contribution in [3.05, 3.63) is 41.7 Å². The molecule has 0 saturated carbocycles. The summed E-state index contributed by atoms with van der Waals surface area (Å²) in [6.07, 6.45) is -9.82. The van der Waals surface area contributed by atoms with Crippen molar-refractivity contribution >= 4 is 5.57 Å². The average molecular weight is 258 g/mol. The van der Waals surface area contributed by atoms with E-state index in [0.717, 1.165) is 0 Å². The monoisotopic (exact) mass is 258 g/mol. The summed E-state index contributed by atoms with van der Waals surface area (Å²) in [6, 6.07) is 0.678. The number of hydrogen-bond acceptors (Lipinski definition) is 0. The first-order valence-electron chi connectivity index (χ1n) is 4.16. The SMILES string of the molecule is C=C(c1cc(F)cc(C(F)(F)F)c1)C(F)(F)F. The van der Waals surface area contributed by atoms with Crippen LogP contribution in [0.1, 0.15) is 11.1 Å². The molecule has 7 heteroatoms. The Morgan fingerprint density at radius 1 is 0.941 bits per heavy atom. The third-order valence-electron chi connectivity index (χ3n) is 1.92. The van der Waals surface area contributed by atoms with Crippen LogP contribution in [0.5, 0.6) is 0 Å². The quantitative estimate of drug-likeness (QED) is 0.654. The molecule has 1 aromatic carbocycles. The van der Waals surface area contributed by atoms with Gasteiger partial charge in [-0.1, -0.05) is 6.58 Å². The number of rotatable bonds is 1. The van der Waals surface area contributed by atoms with Gasteiger partial charge in [0.1, 0.15) is 5.82 Å². The van der Waals surface area contributed by atoms with E-state index in [2.05, 4.69) is 6.58 Å². The second-order valence-electron chi connectivity index (χ2n) is 3.20. The van der Waals surface area contributed by atoms with Gasteiger partial charge in [0.05, 0.1) is 11.1 Å². The molecule has 0 atom stereocenters. The van der Waals surface area contributed by atoms with Gasteiger partial charge in [-0.25, -0.2) is 4.39 Å². The maximum Gasteiger partial charge on any atom is 0.416 e. The lowest BCUT2D eigenvalue weighted by Gasteiger charge is -2.13. The Hall–Kier alpha value is -1.53. The maximum atomic E-state index is 12.8. The van der Waals surface area contributed by atoms with Crippen LogP contribution in [0.3, 0.4) is 0 Å². The number of halogens is 7. The fourth-order valence-corrected chi connectivity index (χ4v) is 1.09. The molecule has 0 unspecified atom stereocenters. The van der Waals surface area contributed by atoms with E-state index in [-0.39, 0.29) is 12.1 Å². The van der Waals surface area contributed by atoms with Crippen molar-refractivity contribution < 1.29 is 30.7 Å². The van der Waals surface area contributed by atoms with Crippen molar-refractivity contribution in [1.82, 2.24) is 0 Å². The molecule has 17 heavy (non-hydrogen) atoms. The van der Waals surface area contributed by atoms with Gasteiger partial charge in [0.25, 0.3) is 0 Å². The molecule has 0 heterocycles. The summed E-state index contributed by atoms with van der Waals surface area (Å²) >= 11 is 0. The van der Waals surface area contributed by atoms with Crippen molar-refractivity contribution in [2.75, 3.05) is 0 Å². The minimum absolute atomic E-state index is 0.118. The summed E-state index contributed by atoms with van der Waals surface area (Å²) in [4.78, 5) is 0. The van der Waals surface area contributed by atoms with E-state index in [1.165, 1.54) is 0 Å². The Balaban J connectivity index is 3.29. The summed E-state index contributed by atoms with van der Waals surface area (Å²) in [5, 5.41) is 0. The molecule has 1 aromatic rings. The van der Waals surface area contributed by atoms with Crippen molar-refractivity contribution in [1.29, 1.82) is 0 Å². The maximum absolute atomic E-state index is 12.8. The van der Waals surface area contributed by atoms with E-state index < -0.39 is 34.9 Å². The standard InChI is InChI=1S/C10H5F7/c1-5(9(12,13)14)6-2-7(10(15,16)17)4-8(11)3-6/h2-4H,1H2.